The number of benzene rings is 1. The molecule has 1 fully saturated rings. The number of hydrogen-bond donors (Lipinski definition) is 0. The van der Waals surface area contributed by atoms with Crippen LogP contribution in [-0.2, 0) is 11.3 Å². The minimum Gasteiger partial charge on any atom is -0.381 e. The van der Waals surface area contributed by atoms with Crippen LogP contribution in [0.25, 0.3) is 11.0 Å². The van der Waals surface area contributed by atoms with Crippen LogP contribution in [0.5, 0.6) is 0 Å². The highest BCUT2D eigenvalue weighted by Gasteiger charge is 2.22. The molecule has 0 amide bonds. The topological polar surface area (TPSA) is 27.1 Å². The fraction of sp³-hybridized carbons (Fsp3) is 0.500. The van der Waals surface area contributed by atoms with E-state index in [0.29, 0.717) is 16.0 Å². The van der Waals surface area contributed by atoms with E-state index in [-0.39, 0.29) is 5.38 Å². The summed E-state index contributed by atoms with van der Waals surface area (Å²) in [4.78, 5) is 4.60. The van der Waals surface area contributed by atoms with Crippen molar-refractivity contribution >= 4 is 45.8 Å². The van der Waals surface area contributed by atoms with Crippen LogP contribution in [0.2, 0.25) is 10.0 Å². The number of halogens is 3. The Labute approximate surface area is 132 Å². The van der Waals surface area contributed by atoms with Crippen LogP contribution in [0.4, 0.5) is 0 Å². The van der Waals surface area contributed by atoms with Gasteiger partial charge in [0, 0.05) is 19.1 Å². The summed E-state index contributed by atoms with van der Waals surface area (Å²) in [6, 6.07) is 3.66. The fourth-order valence-electron chi connectivity index (χ4n) is 2.62. The van der Waals surface area contributed by atoms with Gasteiger partial charge < -0.3 is 9.30 Å². The van der Waals surface area contributed by atoms with Crippen molar-refractivity contribution in [1.29, 1.82) is 0 Å². The molecule has 1 aliphatic rings. The van der Waals surface area contributed by atoms with Crippen molar-refractivity contribution in [3.63, 3.8) is 0 Å². The van der Waals surface area contributed by atoms with Crippen molar-refractivity contribution in [2.45, 2.75) is 25.3 Å². The van der Waals surface area contributed by atoms with Gasteiger partial charge in [0.15, 0.2) is 0 Å². The lowest BCUT2D eigenvalue weighted by atomic mass is 10.1. The molecule has 0 saturated carbocycles. The van der Waals surface area contributed by atoms with Crippen molar-refractivity contribution in [2.24, 2.45) is 5.92 Å². The Morgan fingerprint density at radius 3 is 2.80 bits per heavy atom. The van der Waals surface area contributed by atoms with Crippen molar-refractivity contribution in [1.82, 2.24) is 9.55 Å². The minimum atomic E-state index is -0.165. The maximum atomic E-state index is 6.26. The highest BCUT2D eigenvalue weighted by atomic mass is 35.5. The lowest BCUT2D eigenvalue weighted by Crippen LogP contribution is -2.13. The molecule has 1 aromatic carbocycles. The number of hydrogen-bond acceptors (Lipinski definition) is 2. The fourth-order valence-corrected chi connectivity index (χ4v) is 3.10. The number of nitrogens with zero attached hydrogens (tertiary/aromatic N) is 2. The molecule has 1 saturated heterocycles. The highest BCUT2D eigenvalue weighted by molar-refractivity contribution is 6.42. The molecule has 0 spiro atoms. The van der Waals surface area contributed by atoms with Crippen LogP contribution in [0.15, 0.2) is 12.1 Å². The molecule has 20 heavy (non-hydrogen) atoms. The van der Waals surface area contributed by atoms with Gasteiger partial charge in [0.25, 0.3) is 0 Å². The van der Waals surface area contributed by atoms with Crippen molar-refractivity contribution in [3.05, 3.63) is 28.0 Å². The molecule has 2 unspecified atom stereocenters. The first-order valence-electron chi connectivity index (χ1n) is 6.63. The summed E-state index contributed by atoms with van der Waals surface area (Å²) < 4.78 is 7.59. The van der Waals surface area contributed by atoms with E-state index in [4.69, 9.17) is 39.5 Å². The first-order chi connectivity index (χ1) is 9.56. The second-order valence-electron chi connectivity index (χ2n) is 5.18. The summed E-state index contributed by atoms with van der Waals surface area (Å²) in [6.07, 6.45) is 1.07. The highest BCUT2D eigenvalue weighted by Crippen LogP contribution is 2.32. The molecule has 2 aromatic rings. The van der Waals surface area contributed by atoms with E-state index >= 15 is 0 Å². The van der Waals surface area contributed by atoms with E-state index in [1.54, 1.807) is 6.07 Å². The lowest BCUT2D eigenvalue weighted by molar-refractivity contribution is 0.182. The standard InChI is InChI=1S/C14H15Cl3N2O/c1-8(15)14-18-12-4-10(16)11(17)5-13(12)19(14)6-9-2-3-20-7-9/h4-5,8-9H,2-3,6-7H2,1H3. The van der Waals surface area contributed by atoms with E-state index in [2.05, 4.69) is 9.55 Å². The van der Waals surface area contributed by atoms with E-state index in [1.807, 2.05) is 13.0 Å². The van der Waals surface area contributed by atoms with Gasteiger partial charge in [-0.1, -0.05) is 23.2 Å². The lowest BCUT2D eigenvalue weighted by Gasteiger charge is -2.14. The predicted molar refractivity (Wildman–Crippen MR) is 82.9 cm³/mol. The van der Waals surface area contributed by atoms with E-state index in [9.17, 15) is 0 Å². The average Bonchev–Trinajstić information content (AvgIpc) is 3.00. The van der Waals surface area contributed by atoms with E-state index in [1.165, 1.54) is 0 Å². The van der Waals surface area contributed by atoms with Gasteiger partial charge >= 0.3 is 0 Å². The van der Waals surface area contributed by atoms with Crippen LogP contribution >= 0.6 is 34.8 Å². The number of aromatic nitrogens is 2. The monoisotopic (exact) mass is 332 g/mol. The molecule has 3 rings (SSSR count). The van der Waals surface area contributed by atoms with Gasteiger partial charge in [-0.25, -0.2) is 4.98 Å². The van der Waals surface area contributed by atoms with E-state index in [0.717, 1.165) is 43.0 Å². The van der Waals surface area contributed by atoms with Gasteiger partial charge in [-0.2, -0.15) is 0 Å². The molecule has 3 nitrogen and oxygen atoms in total. The van der Waals surface area contributed by atoms with Gasteiger partial charge in [-0.3, -0.25) is 0 Å². The zero-order valence-corrected chi connectivity index (χ0v) is 13.3. The second kappa shape index (κ2) is 5.72. The predicted octanol–water partition coefficient (Wildman–Crippen LogP) is 4.68. The van der Waals surface area contributed by atoms with Gasteiger partial charge in [0.1, 0.15) is 5.82 Å². The van der Waals surface area contributed by atoms with Gasteiger partial charge in [-0.15, -0.1) is 11.6 Å². The van der Waals surface area contributed by atoms with E-state index < -0.39 is 0 Å². The molecule has 2 atom stereocenters. The molecule has 6 heteroatoms. The summed E-state index contributed by atoms with van der Waals surface area (Å²) in [6.45, 7) is 4.39. The molecule has 2 heterocycles. The van der Waals surface area contributed by atoms with Crippen LogP contribution in [0.3, 0.4) is 0 Å². The number of fused-ring (bicyclic) bond motifs is 1. The third-order valence-corrected chi connectivity index (χ3v) is 4.56. The van der Waals surface area contributed by atoms with Crippen LogP contribution in [0.1, 0.15) is 24.5 Å². The third-order valence-electron chi connectivity index (χ3n) is 3.64. The van der Waals surface area contributed by atoms with Gasteiger partial charge in [-0.05, 0) is 25.5 Å². The van der Waals surface area contributed by atoms with Crippen LogP contribution in [-0.4, -0.2) is 22.8 Å². The zero-order chi connectivity index (χ0) is 14.3. The molecule has 0 aliphatic carbocycles. The number of ether oxygens (including phenoxy) is 1. The Morgan fingerprint density at radius 1 is 1.40 bits per heavy atom. The number of rotatable bonds is 3. The normalized spacial score (nSPS) is 20.7. The second-order valence-corrected chi connectivity index (χ2v) is 6.65. The maximum Gasteiger partial charge on any atom is 0.127 e. The smallest absolute Gasteiger partial charge is 0.127 e. The van der Waals surface area contributed by atoms with Crippen molar-refractivity contribution in [3.8, 4) is 0 Å². The summed E-state index contributed by atoms with van der Waals surface area (Å²) in [7, 11) is 0. The Morgan fingerprint density at radius 2 is 2.15 bits per heavy atom. The molecular weight excluding hydrogens is 319 g/mol. The Bertz CT molecular complexity index is 633. The van der Waals surface area contributed by atoms with Gasteiger partial charge in [0.2, 0.25) is 0 Å². The minimum absolute atomic E-state index is 0.165. The maximum absolute atomic E-state index is 6.26. The zero-order valence-electron chi connectivity index (χ0n) is 11.1. The molecule has 0 bridgehead atoms. The quantitative estimate of drug-likeness (QED) is 0.763. The van der Waals surface area contributed by atoms with Crippen molar-refractivity contribution in [2.75, 3.05) is 13.2 Å². The number of imidazole rings is 1. The molecular formula is C14H15Cl3N2O. The molecule has 0 N–H and O–H groups in total. The summed E-state index contributed by atoms with van der Waals surface area (Å²) in [5.41, 5.74) is 1.81. The summed E-state index contributed by atoms with van der Waals surface area (Å²) in [5.74, 6) is 1.35. The van der Waals surface area contributed by atoms with Gasteiger partial charge in [0.05, 0.1) is 33.1 Å². The largest absolute Gasteiger partial charge is 0.381 e. The Hall–Kier alpha value is -0.480. The summed E-state index contributed by atoms with van der Waals surface area (Å²) >= 11 is 18.5. The molecule has 0 radical (unpaired) electrons. The third kappa shape index (κ3) is 2.64. The first kappa shape index (κ1) is 14.5. The summed E-state index contributed by atoms with van der Waals surface area (Å²) in [5, 5.41) is 0.890. The van der Waals surface area contributed by atoms with Crippen LogP contribution < -0.4 is 0 Å². The van der Waals surface area contributed by atoms with Crippen LogP contribution in [0, 0.1) is 5.92 Å². The van der Waals surface area contributed by atoms with Crippen molar-refractivity contribution < 1.29 is 4.74 Å². The average molecular weight is 334 g/mol. The Balaban J connectivity index is 2.10. The SMILES string of the molecule is CC(Cl)c1nc2cc(Cl)c(Cl)cc2n1CC1CCOC1. The Kier molecular flexibility index (Phi) is 4.14. The first-order valence-corrected chi connectivity index (χ1v) is 7.82. The molecule has 108 valence electrons. The molecule has 1 aromatic heterocycles. The number of alkyl halides is 1. The molecule has 1 aliphatic heterocycles.